The second-order valence-electron chi connectivity index (χ2n) is 5.16. The molecule has 0 fully saturated rings. The fraction of sp³-hybridized carbons (Fsp3) is 0.308. The van der Waals surface area contributed by atoms with E-state index in [4.69, 9.17) is 11.6 Å². The predicted molar refractivity (Wildman–Crippen MR) is 73.4 cm³/mol. The number of halogens is 1. The lowest BCUT2D eigenvalue weighted by atomic mass is 9.83. The molecule has 0 radical (unpaired) electrons. The molecule has 5 nitrogen and oxygen atoms in total. The van der Waals surface area contributed by atoms with E-state index in [0.29, 0.717) is 10.7 Å². The van der Waals surface area contributed by atoms with Gasteiger partial charge in [0.15, 0.2) is 0 Å². The van der Waals surface area contributed by atoms with Crippen LogP contribution >= 0.6 is 11.6 Å². The minimum Gasteiger partial charge on any atom is -0.272 e. The van der Waals surface area contributed by atoms with Gasteiger partial charge in [0.05, 0.1) is 27.4 Å². The van der Waals surface area contributed by atoms with Crippen LogP contribution in [0.1, 0.15) is 25.1 Å². The lowest BCUT2D eigenvalue weighted by Crippen LogP contribution is -2.32. The molecule has 1 amide bonds. The van der Waals surface area contributed by atoms with Crippen LogP contribution in [0.25, 0.3) is 5.52 Å². The number of hydrogen-bond acceptors (Lipinski definition) is 3. The van der Waals surface area contributed by atoms with E-state index in [9.17, 15) is 4.79 Å². The molecule has 6 heteroatoms. The van der Waals surface area contributed by atoms with Crippen molar-refractivity contribution in [3.05, 3.63) is 34.6 Å². The average Bonchev–Trinajstić information content (AvgIpc) is 2.77. The maximum Gasteiger partial charge on any atom is 0.251 e. The Kier molecular flexibility index (Phi) is 2.44. The highest BCUT2D eigenvalue weighted by atomic mass is 35.5. The molecule has 1 aliphatic heterocycles. The molecule has 0 aromatic carbocycles. The normalized spacial score (nSPS) is 17.7. The average molecular weight is 277 g/mol. The van der Waals surface area contributed by atoms with Gasteiger partial charge in [0.1, 0.15) is 0 Å². The van der Waals surface area contributed by atoms with Gasteiger partial charge >= 0.3 is 0 Å². The number of fused-ring (bicyclic) bond motifs is 1. The lowest BCUT2D eigenvalue weighted by molar-refractivity contribution is -0.125. The van der Waals surface area contributed by atoms with Crippen LogP contribution in [0.15, 0.2) is 23.4 Å². The molecule has 2 aromatic heterocycles. The van der Waals surface area contributed by atoms with Gasteiger partial charge < -0.3 is 0 Å². The SMILES string of the molecule is Cc1nn2cc(Cl)ccc2c1C1=NNC(=O)C1(C)C. The first-order chi connectivity index (χ1) is 8.91. The molecule has 19 heavy (non-hydrogen) atoms. The van der Waals surface area contributed by atoms with E-state index >= 15 is 0 Å². The molecule has 0 bridgehead atoms. The number of carbonyl (C=O) groups excluding carboxylic acids is 1. The Morgan fingerprint density at radius 3 is 2.74 bits per heavy atom. The van der Waals surface area contributed by atoms with Gasteiger partial charge in [0, 0.05) is 11.8 Å². The van der Waals surface area contributed by atoms with E-state index in [0.717, 1.165) is 16.8 Å². The molecule has 0 aliphatic carbocycles. The fourth-order valence-corrected chi connectivity index (χ4v) is 2.45. The van der Waals surface area contributed by atoms with Crippen LogP contribution in [-0.4, -0.2) is 21.2 Å². The Bertz CT molecular complexity index is 730. The zero-order chi connectivity index (χ0) is 13.8. The molecule has 3 rings (SSSR count). The standard InChI is InChI=1S/C13H13ClN4O/c1-7-10(11-13(2,3)12(19)16-15-11)9-5-4-8(14)6-18(9)17-7/h4-6H,1-3H3,(H,16,19). The van der Waals surface area contributed by atoms with Gasteiger partial charge in [-0.25, -0.2) is 9.94 Å². The molecule has 0 spiro atoms. The van der Waals surface area contributed by atoms with Crippen molar-refractivity contribution < 1.29 is 4.79 Å². The summed E-state index contributed by atoms with van der Waals surface area (Å²) in [6.45, 7) is 5.61. The number of carbonyl (C=O) groups is 1. The minimum absolute atomic E-state index is 0.102. The Morgan fingerprint density at radius 1 is 1.37 bits per heavy atom. The van der Waals surface area contributed by atoms with E-state index < -0.39 is 5.41 Å². The van der Waals surface area contributed by atoms with Crippen molar-refractivity contribution in [2.24, 2.45) is 10.5 Å². The van der Waals surface area contributed by atoms with Crippen molar-refractivity contribution in [1.29, 1.82) is 0 Å². The van der Waals surface area contributed by atoms with Crippen LogP contribution in [0.3, 0.4) is 0 Å². The van der Waals surface area contributed by atoms with Crippen molar-refractivity contribution in [3.63, 3.8) is 0 Å². The molecule has 0 unspecified atom stereocenters. The number of nitrogens with zero attached hydrogens (tertiary/aromatic N) is 3. The Labute approximate surface area is 115 Å². The second kappa shape index (κ2) is 3.81. The van der Waals surface area contributed by atoms with Gasteiger partial charge in [0.25, 0.3) is 5.91 Å². The third-order valence-corrected chi connectivity index (χ3v) is 3.66. The molecule has 1 aliphatic rings. The van der Waals surface area contributed by atoms with E-state index in [1.54, 1.807) is 16.8 Å². The van der Waals surface area contributed by atoms with Crippen LogP contribution in [0.5, 0.6) is 0 Å². The zero-order valence-electron chi connectivity index (χ0n) is 10.9. The topological polar surface area (TPSA) is 58.8 Å². The summed E-state index contributed by atoms with van der Waals surface area (Å²) in [5.74, 6) is -0.102. The molecule has 0 atom stereocenters. The Hall–Kier alpha value is -1.88. The van der Waals surface area contributed by atoms with Crippen molar-refractivity contribution in [2.45, 2.75) is 20.8 Å². The summed E-state index contributed by atoms with van der Waals surface area (Å²) in [7, 11) is 0. The maximum absolute atomic E-state index is 11.8. The maximum atomic E-state index is 11.8. The first kappa shape index (κ1) is 12.2. The van der Waals surface area contributed by atoms with E-state index in [1.807, 2.05) is 26.8 Å². The summed E-state index contributed by atoms with van der Waals surface area (Å²) in [5.41, 5.74) is 5.20. The monoisotopic (exact) mass is 276 g/mol. The van der Waals surface area contributed by atoms with Crippen molar-refractivity contribution in [1.82, 2.24) is 15.0 Å². The molecule has 0 saturated heterocycles. The van der Waals surface area contributed by atoms with Crippen molar-refractivity contribution in [3.8, 4) is 0 Å². The summed E-state index contributed by atoms with van der Waals surface area (Å²) in [5, 5.41) is 9.21. The third kappa shape index (κ3) is 1.65. The number of aromatic nitrogens is 2. The number of pyridine rings is 1. The summed E-state index contributed by atoms with van der Waals surface area (Å²) < 4.78 is 1.72. The van der Waals surface area contributed by atoms with Crippen molar-refractivity contribution in [2.75, 3.05) is 0 Å². The van der Waals surface area contributed by atoms with Crippen LogP contribution < -0.4 is 5.43 Å². The van der Waals surface area contributed by atoms with Crippen LogP contribution in [-0.2, 0) is 4.79 Å². The Morgan fingerprint density at radius 2 is 2.11 bits per heavy atom. The number of hydrogen-bond donors (Lipinski definition) is 1. The highest BCUT2D eigenvalue weighted by molar-refractivity contribution is 6.30. The van der Waals surface area contributed by atoms with Gasteiger partial charge in [-0.3, -0.25) is 4.79 Å². The smallest absolute Gasteiger partial charge is 0.251 e. The van der Waals surface area contributed by atoms with Gasteiger partial charge in [-0.05, 0) is 32.9 Å². The first-order valence-electron chi connectivity index (χ1n) is 5.95. The quantitative estimate of drug-likeness (QED) is 0.868. The third-order valence-electron chi connectivity index (χ3n) is 3.43. The van der Waals surface area contributed by atoms with E-state index in [-0.39, 0.29) is 5.91 Å². The minimum atomic E-state index is -0.659. The molecule has 3 heterocycles. The van der Waals surface area contributed by atoms with Crippen LogP contribution in [0, 0.1) is 12.3 Å². The van der Waals surface area contributed by atoms with E-state index in [1.165, 1.54) is 0 Å². The summed E-state index contributed by atoms with van der Waals surface area (Å²) in [6.07, 6.45) is 1.74. The predicted octanol–water partition coefficient (Wildman–Crippen LogP) is 2.16. The summed E-state index contributed by atoms with van der Waals surface area (Å²) in [4.78, 5) is 11.8. The second-order valence-corrected chi connectivity index (χ2v) is 5.60. The van der Waals surface area contributed by atoms with Gasteiger partial charge in [-0.2, -0.15) is 10.2 Å². The van der Waals surface area contributed by atoms with Crippen LogP contribution in [0.2, 0.25) is 5.02 Å². The largest absolute Gasteiger partial charge is 0.272 e. The van der Waals surface area contributed by atoms with Gasteiger partial charge in [-0.15, -0.1) is 0 Å². The molecule has 98 valence electrons. The number of nitrogens with one attached hydrogen (secondary N) is 1. The van der Waals surface area contributed by atoms with E-state index in [2.05, 4.69) is 15.6 Å². The van der Waals surface area contributed by atoms with Gasteiger partial charge in [-0.1, -0.05) is 11.6 Å². The number of amides is 1. The first-order valence-corrected chi connectivity index (χ1v) is 6.32. The molecular weight excluding hydrogens is 264 g/mol. The molecule has 2 aromatic rings. The number of aryl methyl sites for hydroxylation is 1. The lowest BCUT2D eigenvalue weighted by Gasteiger charge is -2.16. The summed E-state index contributed by atoms with van der Waals surface area (Å²) in [6, 6.07) is 3.69. The Balaban J connectivity index is 2.27. The number of rotatable bonds is 1. The number of hydrazone groups is 1. The zero-order valence-corrected chi connectivity index (χ0v) is 11.6. The van der Waals surface area contributed by atoms with Crippen LogP contribution in [0.4, 0.5) is 0 Å². The molecular formula is C13H13ClN4O. The highest BCUT2D eigenvalue weighted by Crippen LogP contribution is 2.31. The molecule has 0 saturated carbocycles. The highest BCUT2D eigenvalue weighted by Gasteiger charge is 2.41. The van der Waals surface area contributed by atoms with Gasteiger partial charge in [0.2, 0.25) is 0 Å². The fourth-order valence-electron chi connectivity index (χ4n) is 2.30. The summed E-state index contributed by atoms with van der Waals surface area (Å²) >= 11 is 5.96. The molecule has 1 N–H and O–H groups in total. The van der Waals surface area contributed by atoms with Crippen molar-refractivity contribution >= 4 is 28.7 Å².